The SMILES string of the molecule is O=C(O)C=CC(=O)O.c1ccc(C(OC2CCN(CCCOc3ccc4ncnn4n3)CC2)c2ccccc2)cc1. The minimum Gasteiger partial charge on any atom is -0.478 e. The van der Waals surface area contributed by atoms with Crippen LogP contribution >= 0.6 is 0 Å². The second-order valence-electron chi connectivity index (χ2n) is 9.37. The number of aromatic nitrogens is 4. The third kappa shape index (κ3) is 9.52. The summed E-state index contributed by atoms with van der Waals surface area (Å²) in [6.07, 6.45) is 5.89. The van der Waals surface area contributed by atoms with E-state index in [1.165, 1.54) is 22.1 Å². The predicted octanol–water partition coefficient (Wildman–Crippen LogP) is 3.88. The lowest BCUT2D eigenvalue weighted by Crippen LogP contribution is -2.38. The van der Waals surface area contributed by atoms with Gasteiger partial charge in [-0.1, -0.05) is 60.7 Å². The van der Waals surface area contributed by atoms with Crippen molar-refractivity contribution in [3.63, 3.8) is 0 Å². The lowest BCUT2D eigenvalue weighted by Gasteiger charge is -2.34. The first-order chi connectivity index (χ1) is 20.0. The van der Waals surface area contributed by atoms with Crippen molar-refractivity contribution in [2.75, 3.05) is 26.2 Å². The van der Waals surface area contributed by atoms with Crippen molar-refractivity contribution in [3.8, 4) is 5.88 Å². The Labute approximate surface area is 237 Å². The number of aliphatic carboxylic acids is 2. The van der Waals surface area contributed by atoms with Crippen LogP contribution < -0.4 is 4.74 Å². The first-order valence-corrected chi connectivity index (χ1v) is 13.4. The Kier molecular flexibility index (Phi) is 10.9. The average Bonchev–Trinajstić information content (AvgIpc) is 3.47. The number of nitrogens with zero attached hydrogens (tertiary/aromatic N) is 5. The number of piperidine rings is 1. The van der Waals surface area contributed by atoms with Gasteiger partial charge in [0.25, 0.3) is 0 Å². The van der Waals surface area contributed by atoms with E-state index in [1.54, 1.807) is 0 Å². The molecule has 1 fully saturated rings. The van der Waals surface area contributed by atoms with Gasteiger partial charge in [-0.25, -0.2) is 14.6 Å². The minimum atomic E-state index is -1.26. The van der Waals surface area contributed by atoms with E-state index in [0.29, 0.717) is 30.3 Å². The molecule has 0 spiro atoms. The second kappa shape index (κ2) is 15.2. The Bertz CT molecular complexity index is 1350. The van der Waals surface area contributed by atoms with Gasteiger partial charge in [0.05, 0.1) is 12.7 Å². The van der Waals surface area contributed by atoms with E-state index < -0.39 is 11.9 Å². The van der Waals surface area contributed by atoms with Crippen LogP contribution in [-0.2, 0) is 14.3 Å². The number of ether oxygens (including phenoxy) is 2. The molecule has 2 aromatic heterocycles. The van der Waals surface area contributed by atoms with Gasteiger partial charge in [-0.3, -0.25) is 0 Å². The van der Waals surface area contributed by atoms with E-state index in [-0.39, 0.29) is 12.2 Å². The fourth-order valence-electron chi connectivity index (χ4n) is 4.46. The predicted molar refractivity (Wildman–Crippen MR) is 151 cm³/mol. The summed E-state index contributed by atoms with van der Waals surface area (Å²) in [6, 6.07) is 24.7. The summed E-state index contributed by atoms with van der Waals surface area (Å²) in [7, 11) is 0. The van der Waals surface area contributed by atoms with Crippen molar-refractivity contribution >= 4 is 17.6 Å². The van der Waals surface area contributed by atoms with E-state index in [9.17, 15) is 9.59 Å². The smallest absolute Gasteiger partial charge is 0.328 e. The Balaban J connectivity index is 0.000000426. The molecule has 2 aromatic carbocycles. The standard InChI is InChI=1S/C26H29N5O2.C4H4O4/c1-3-8-21(9-4-1)26(22-10-5-2-6-11-22)33-23-14-17-30(18-15-23)16-7-19-32-25-13-12-24-27-20-28-31(24)29-25;5-3(6)1-2-4(7)8/h1-6,8-13,20,23,26H,7,14-19H2;1-2H,(H,5,6)(H,7,8). The van der Waals surface area contributed by atoms with E-state index in [4.69, 9.17) is 19.7 Å². The summed E-state index contributed by atoms with van der Waals surface area (Å²) in [5.74, 6) is -1.94. The highest BCUT2D eigenvalue weighted by molar-refractivity contribution is 5.89. The quantitative estimate of drug-likeness (QED) is 0.206. The number of benzene rings is 2. The van der Waals surface area contributed by atoms with Crippen LogP contribution in [0.25, 0.3) is 5.65 Å². The molecule has 2 N–H and O–H groups in total. The number of carbonyl (C=O) groups is 2. The molecular formula is C30H33N5O6. The lowest BCUT2D eigenvalue weighted by molar-refractivity contribution is -0.134. The maximum atomic E-state index is 9.55. The Morgan fingerprint density at radius 1 is 0.902 bits per heavy atom. The molecule has 11 nitrogen and oxygen atoms in total. The van der Waals surface area contributed by atoms with Crippen LogP contribution in [0.2, 0.25) is 0 Å². The fourth-order valence-corrected chi connectivity index (χ4v) is 4.46. The van der Waals surface area contributed by atoms with E-state index in [2.05, 4.69) is 80.7 Å². The van der Waals surface area contributed by atoms with Gasteiger partial charge in [0, 0.05) is 37.9 Å². The molecule has 3 heterocycles. The largest absolute Gasteiger partial charge is 0.478 e. The Morgan fingerprint density at radius 3 is 2.10 bits per heavy atom. The van der Waals surface area contributed by atoms with Crippen molar-refractivity contribution < 1.29 is 29.3 Å². The molecule has 0 aliphatic carbocycles. The van der Waals surface area contributed by atoms with Crippen molar-refractivity contribution in [1.29, 1.82) is 0 Å². The van der Waals surface area contributed by atoms with Crippen LogP contribution in [-0.4, -0.2) is 79.2 Å². The van der Waals surface area contributed by atoms with Crippen molar-refractivity contribution in [3.05, 3.63) is 102 Å². The van der Waals surface area contributed by atoms with Crippen LogP contribution in [0.3, 0.4) is 0 Å². The molecule has 41 heavy (non-hydrogen) atoms. The van der Waals surface area contributed by atoms with Crippen LogP contribution in [0.4, 0.5) is 0 Å². The number of carboxylic acids is 2. The molecule has 0 radical (unpaired) electrons. The third-order valence-corrected chi connectivity index (χ3v) is 6.43. The molecule has 4 aromatic rings. The zero-order chi connectivity index (χ0) is 28.9. The molecule has 0 bridgehead atoms. The molecule has 1 aliphatic heterocycles. The van der Waals surface area contributed by atoms with Gasteiger partial charge in [0.1, 0.15) is 12.4 Å². The molecule has 1 aliphatic rings. The number of rotatable bonds is 11. The Hall–Kier alpha value is -4.61. The number of hydrogen-bond acceptors (Lipinski definition) is 8. The molecule has 0 amide bonds. The summed E-state index contributed by atoms with van der Waals surface area (Å²) >= 11 is 0. The van der Waals surface area contributed by atoms with Gasteiger partial charge in [0.15, 0.2) is 5.65 Å². The van der Waals surface area contributed by atoms with Gasteiger partial charge >= 0.3 is 11.9 Å². The van der Waals surface area contributed by atoms with Crippen LogP contribution in [0, 0.1) is 0 Å². The maximum Gasteiger partial charge on any atom is 0.328 e. The average molecular weight is 560 g/mol. The van der Waals surface area contributed by atoms with E-state index >= 15 is 0 Å². The second-order valence-corrected chi connectivity index (χ2v) is 9.37. The molecular weight excluding hydrogens is 526 g/mol. The molecule has 1 saturated heterocycles. The number of hydrogen-bond donors (Lipinski definition) is 2. The van der Waals surface area contributed by atoms with E-state index in [0.717, 1.165) is 38.9 Å². The normalized spacial score (nSPS) is 14.2. The molecule has 0 saturated carbocycles. The van der Waals surface area contributed by atoms with Crippen molar-refractivity contribution in [2.45, 2.75) is 31.5 Å². The molecule has 5 rings (SSSR count). The fraction of sp³-hybridized carbons (Fsp3) is 0.300. The molecule has 0 unspecified atom stereocenters. The topological polar surface area (TPSA) is 139 Å². The molecule has 214 valence electrons. The highest BCUT2D eigenvalue weighted by atomic mass is 16.5. The number of likely N-dealkylation sites (tertiary alicyclic amines) is 1. The molecule has 0 atom stereocenters. The summed E-state index contributed by atoms with van der Waals surface area (Å²) < 4.78 is 13.9. The third-order valence-electron chi connectivity index (χ3n) is 6.43. The zero-order valence-corrected chi connectivity index (χ0v) is 22.5. The maximum absolute atomic E-state index is 9.55. The van der Waals surface area contributed by atoms with Gasteiger partial charge in [-0.05, 0) is 36.5 Å². The van der Waals surface area contributed by atoms with Crippen LogP contribution in [0.15, 0.2) is 91.3 Å². The van der Waals surface area contributed by atoms with E-state index in [1.807, 2.05) is 12.1 Å². The van der Waals surface area contributed by atoms with Crippen LogP contribution in [0.1, 0.15) is 36.5 Å². The van der Waals surface area contributed by atoms with Crippen molar-refractivity contribution in [2.24, 2.45) is 0 Å². The summed E-state index contributed by atoms with van der Waals surface area (Å²) in [5, 5.41) is 24.0. The van der Waals surface area contributed by atoms with Gasteiger partial charge in [-0.15, -0.1) is 14.8 Å². The summed E-state index contributed by atoms with van der Waals surface area (Å²) in [6.45, 7) is 3.74. The molecule has 11 heteroatoms. The highest BCUT2D eigenvalue weighted by Crippen LogP contribution is 2.30. The van der Waals surface area contributed by atoms with Gasteiger partial charge < -0.3 is 24.6 Å². The van der Waals surface area contributed by atoms with Gasteiger partial charge in [-0.2, -0.15) is 0 Å². The number of fused-ring (bicyclic) bond motifs is 1. The summed E-state index contributed by atoms with van der Waals surface area (Å²) in [5.41, 5.74) is 3.14. The van der Waals surface area contributed by atoms with Crippen LogP contribution in [0.5, 0.6) is 5.88 Å². The summed E-state index contributed by atoms with van der Waals surface area (Å²) in [4.78, 5) is 25.7. The number of carboxylic acid groups (broad SMARTS) is 2. The Morgan fingerprint density at radius 2 is 1.51 bits per heavy atom. The first kappa shape index (κ1) is 29.4. The van der Waals surface area contributed by atoms with Gasteiger partial charge in [0.2, 0.25) is 5.88 Å². The minimum absolute atomic E-state index is 0.0211. The lowest BCUT2D eigenvalue weighted by atomic mass is 10.00. The zero-order valence-electron chi connectivity index (χ0n) is 22.5. The monoisotopic (exact) mass is 559 g/mol. The first-order valence-electron chi connectivity index (χ1n) is 13.4. The van der Waals surface area contributed by atoms with Crippen molar-refractivity contribution in [1.82, 2.24) is 24.7 Å². The highest BCUT2D eigenvalue weighted by Gasteiger charge is 2.24.